The summed E-state index contributed by atoms with van der Waals surface area (Å²) >= 11 is 1.33. The Labute approximate surface area is 98.2 Å². The molecule has 5 nitrogen and oxygen atoms in total. The quantitative estimate of drug-likeness (QED) is 0.808. The third-order valence-corrected chi connectivity index (χ3v) is 4.36. The van der Waals surface area contributed by atoms with Crippen molar-refractivity contribution in [1.29, 1.82) is 0 Å². The van der Waals surface area contributed by atoms with Gasteiger partial charge in [-0.15, -0.1) is 11.3 Å². The standard InChI is InChI=1S/C9H13NO4S2/c1-2-16(13,14)10-7(6-9(11)12)8-4-3-5-15-8/h3-5,7,10H,2,6H2,1H3,(H,11,12). The summed E-state index contributed by atoms with van der Waals surface area (Å²) < 4.78 is 25.2. The van der Waals surface area contributed by atoms with Gasteiger partial charge in [0.25, 0.3) is 0 Å². The summed E-state index contributed by atoms with van der Waals surface area (Å²) in [4.78, 5) is 11.4. The average Bonchev–Trinajstić information content (AvgIpc) is 2.68. The average molecular weight is 263 g/mol. The van der Waals surface area contributed by atoms with Gasteiger partial charge in [0.15, 0.2) is 0 Å². The first-order chi connectivity index (χ1) is 7.44. The summed E-state index contributed by atoms with van der Waals surface area (Å²) in [7, 11) is -3.40. The van der Waals surface area contributed by atoms with Gasteiger partial charge in [0, 0.05) is 4.88 Å². The fourth-order valence-corrected chi connectivity index (χ4v) is 2.83. The third kappa shape index (κ3) is 3.92. The molecule has 16 heavy (non-hydrogen) atoms. The van der Waals surface area contributed by atoms with Gasteiger partial charge in [0.05, 0.1) is 18.2 Å². The molecule has 0 fully saturated rings. The zero-order valence-electron chi connectivity index (χ0n) is 8.71. The highest BCUT2D eigenvalue weighted by Gasteiger charge is 2.21. The summed E-state index contributed by atoms with van der Waals surface area (Å²) in [6.07, 6.45) is -0.250. The number of nitrogens with one attached hydrogen (secondary N) is 1. The van der Waals surface area contributed by atoms with Crippen molar-refractivity contribution in [3.05, 3.63) is 22.4 Å². The molecule has 0 aliphatic rings. The van der Waals surface area contributed by atoms with E-state index in [1.165, 1.54) is 18.3 Å². The first-order valence-corrected chi connectivity index (χ1v) is 7.23. The Morgan fingerprint density at radius 3 is 2.75 bits per heavy atom. The van der Waals surface area contributed by atoms with Crippen molar-refractivity contribution in [3.63, 3.8) is 0 Å². The Kier molecular flexibility index (Phi) is 4.45. The molecule has 0 aromatic carbocycles. The molecule has 1 rings (SSSR count). The van der Waals surface area contributed by atoms with Crippen LogP contribution >= 0.6 is 11.3 Å². The number of thiophene rings is 1. The Morgan fingerprint density at radius 1 is 1.62 bits per heavy atom. The molecule has 1 aromatic heterocycles. The third-order valence-electron chi connectivity index (χ3n) is 1.97. The van der Waals surface area contributed by atoms with Crippen LogP contribution in [0.25, 0.3) is 0 Å². The highest BCUT2D eigenvalue weighted by atomic mass is 32.2. The molecule has 0 radical (unpaired) electrons. The molecule has 1 atom stereocenters. The molecule has 0 bridgehead atoms. The highest BCUT2D eigenvalue weighted by molar-refractivity contribution is 7.89. The first-order valence-electron chi connectivity index (χ1n) is 4.70. The molecule has 1 aromatic rings. The van der Waals surface area contributed by atoms with E-state index >= 15 is 0 Å². The van der Waals surface area contributed by atoms with Crippen molar-refractivity contribution in [3.8, 4) is 0 Å². The van der Waals surface area contributed by atoms with Crippen LogP contribution in [-0.2, 0) is 14.8 Å². The lowest BCUT2D eigenvalue weighted by molar-refractivity contribution is -0.137. The Morgan fingerprint density at radius 2 is 2.31 bits per heavy atom. The lowest BCUT2D eigenvalue weighted by Crippen LogP contribution is -2.30. The van der Waals surface area contributed by atoms with E-state index in [2.05, 4.69) is 4.72 Å². The minimum absolute atomic E-state index is 0.0610. The predicted octanol–water partition coefficient (Wildman–Crippen LogP) is 1.20. The Hall–Kier alpha value is -0.920. The Balaban J connectivity index is 2.85. The van der Waals surface area contributed by atoms with Crippen molar-refractivity contribution in [2.24, 2.45) is 0 Å². The molecule has 1 heterocycles. The Bertz CT molecular complexity index is 438. The van der Waals surface area contributed by atoms with Gasteiger partial charge in [-0.3, -0.25) is 4.79 Å². The number of carbonyl (C=O) groups is 1. The number of carboxylic acids is 1. The van der Waals surface area contributed by atoms with Gasteiger partial charge in [-0.1, -0.05) is 6.07 Å². The minimum atomic E-state index is -3.40. The topological polar surface area (TPSA) is 83.5 Å². The maximum atomic E-state index is 11.4. The lowest BCUT2D eigenvalue weighted by atomic mass is 10.2. The van der Waals surface area contributed by atoms with E-state index in [1.54, 1.807) is 17.5 Å². The van der Waals surface area contributed by atoms with Gasteiger partial charge >= 0.3 is 5.97 Å². The number of aliphatic carboxylic acids is 1. The van der Waals surface area contributed by atoms with Crippen molar-refractivity contribution in [1.82, 2.24) is 4.72 Å². The molecule has 0 amide bonds. The molecule has 90 valence electrons. The molecule has 7 heteroatoms. The molecule has 0 spiro atoms. The highest BCUT2D eigenvalue weighted by Crippen LogP contribution is 2.22. The molecular formula is C9H13NO4S2. The second kappa shape index (κ2) is 5.42. The molecule has 0 aliphatic carbocycles. The zero-order chi connectivity index (χ0) is 12.2. The fraction of sp³-hybridized carbons (Fsp3) is 0.444. The number of hydrogen-bond acceptors (Lipinski definition) is 4. The van der Waals surface area contributed by atoms with Crippen LogP contribution in [0.4, 0.5) is 0 Å². The summed E-state index contributed by atoms with van der Waals surface area (Å²) in [6.45, 7) is 1.51. The van der Waals surface area contributed by atoms with E-state index in [9.17, 15) is 13.2 Å². The molecule has 0 saturated heterocycles. The molecule has 2 N–H and O–H groups in total. The van der Waals surface area contributed by atoms with Crippen molar-refractivity contribution >= 4 is 27.3 Å². The van der Waals surface area contributed by atoms with E-state index in [4.69, 9.17) is 5.11 Å². The minimum Gasteiger partial charge on any atom is -0.481 e. The SMILES string of the molecule is CCS(=O)(=O)NC(CC(=O)O)c1cccs1. The van der Waals surface area contributed by atoms with Gasteiger partial charge in [0.1, 0.15) is 0 Å². The van der Waals surface area contributed by atoms with Crippen LogP contribution in [0.2, 0.25) is 0 Å². The van der Waals surface area contributed by atoms with Crippen molar-refractivity contribution in [2.45, 2.75) is 19.4 Å². The lowest BCUT2D eigenvalue weighted by Gasteiger charge is -2.14. The van der Waals surface area contributed by atoms with Gasteiger partial charge in [-0.25, -0.2) is 13.1 Å². The summed E-state index contributed by atoms with van der Waals surface area (Å²) in [5.74, 6) is -1.09. The molecule has 0 saturated carbocycles. The van der Waals surface area contributed by atoms with Crippen LogP contribution < -0.4 is 4.72 Å². The van der Waals surface area contributed by atoms with Crippen molar-refractivity contribution < 1.29 is 18.3 Å². The molecule has 1 unspecified atom stereocenters. The van der Waals surface area contributed by atoms with E-state index in [1.807, 2.05) is 0 Å². The number of hydrogen-bond donors (Lipinski definition) is 2. The summed E-state index contributed by atoms with van der Waals surface area (Å²) in [6, 6.07) is 2.80. The van der Waals surface area contributed by atoms with Crippen LogP contribution in [0.1, 0.15) is 24.3 Å². The van der Waals surface area contributed by atoms with Gasteiger partial charge in [-0.2, -0.15) is 0 Å². The molecule has 0 aliphatic heterocycles. The zero-order valence-corrected chi connectivity index (χ0v) is 10.3. The van der Waals surface area contributed by atoms with Crippen LogP contribution in [0.5, 0.6) is 0 Å². The second-order valence-corrected chi connectivity index (χ2v) is 6.21. The summed E-state index contributed by atoms with van der Waals surface area (Å²) in [5.41, 5.74) is 0. The number of sulfonamides is 1. The van der Waals surface area contributed by atoms with Gasteiger partial charge in [0.2, 0.25) is 10.0 Å². The number of carboxylic acid groups (broad SMARTS) is 1. The maximum Gasteiger partial charge on any atom is 0.305 e. The predicted molar refractivity (Wildman–Crippen MR) is 61.9 cm³/mol. The van der Waals surface area contributed by atoms with E-state index in [-0.39, 0.29) is 12.2 Å². The monoisotopic (exact) mass is 263 g/mol. The first kappa shape index (κ1) is 13.1. The van der Waals surface area contributed by atoms with E-state index < -0.39 is 22.0 Å². The largest absolute Gasteiger partial charge is 0.481 e. The van der Waals surface area contributed by atoms with Gasteiger partial charge < -0.3 is 5.11 Å². The van der Waals surface area contributed by atoms with E-state index in [0.717, 1.165) is 0 Å². The number of rotatable bonds is 6. The summed E-state index contributed by atoms with van der Waals surface area (Å²) in [5, 5.41) is 10.5. The van der Waals surface area contributed by atoms with Crippen LogP contribution in [0.15, 0.2) is 17.5 Å². The van der Waals surface area contributed by atoms with Crippen LogP contribution in [0.3, 0.4) is 0 Å². The normalized spacial score (nSPS) is 13.6. The van der Waals surface area contributed by atoms with Gasteiger partial charge in [-0.05, 0) is 18.4 Å². The maximum absolute atomic E-state index is 11.4. The molecular weight excluding hydrogens is 250 g/mol. The van der Waals surface area contributed by atoms with Crippen molar-refractivity contribution in [2.75, 3.05) is 5.75 Å². The smallest absolute Gasteiger partial charge is 0.305 e. The second-order valence-electron chi connectivity index (χ2n) is 3.19. The van der Waals surface area contributed by atoms with Crippen LogP contribution in [0, 0.1) is 0 Å². The van der Waals surface area contributed by atoms with E-state index in [0.29, 0.717) is 4.88 Å². The van der Waals surface area contributed by atoms with Crippen LogP contribution in [-0.4, -0.2) is 25.2 Å². The fourth-order valence-electron chi connectivity index (χ4n) is 1.16.